The Bertz CT molecular complexity index is 1320. The van der Waals surface area contributed by atoms with Gasteiger partial charge in [0.1, 0.15) is 12.4 Å². The van der Waals surface area contributed by atoms with E-state index in [1.54, 1.807) is 13.2 Å². The summed E-state index contributed by atoms with van der Waals surface area (Å²) >= 11 is 0. The van der Waals surface area contributed by atoms with Crippen molar-refractivity contribution >= 4 is 28.6 Å². The summed E-state index contributed by atoms with van der Waals surface area (Å²) in [6.45, 7) is 5.98. The van der Waals surface area contributed by atoms with E-state index in [-0.39, 0.29) is 5.91 Å². The van der Waals surface area contributed by atoms with Crippen molar-refractivity contribution in [1.29, 1.82) is 0 Å². The third-order valence-electron chi connectivity index (χ3n) is 5.29. The van der Waals surface area contributed by atoms with Crippen LogP contribution >= 0.6 is 0 Å². The average Bonchev–Trinajstić information content (AvgIpc) is 3.14. The molecule has 0 aliphatic carbocycles. The second-order valence-corrected chi connectivity index (χ2v) is 7.65. The molecule has 0 bridgehead atoms. The molecule has 0 unspecified atom stereocenters. The molecule has 0 aliphatic rings. The number of carbonyl (C=O) groups excluding carboxylic acids is 1. The number of hydrogen-bond acceptors (Lipinski definition) is 6. The number of para-hydroxylation sites is 1. The molecule has 0 saturated heterocycles. The second-order valence-electron chi connectivity index (χ2n) is 7.65. The molecule has 0 aliphatic heterocycles. The summed E-state index contributed by atoms with van der Waals surface area (Å²) < 4.78 is 16.6. The predicted molar refractivity (Wildman–Crippen MR) is 127 cm³/mol. The topological polar surface area (TPSA) is 86.5 Å². The van der Waals surface area contributed by atoms with Gasteiger partial charge in [-0.15, -0.1) is 0 Å². The largest absolute Gasteiger partial charge is 0.493 e. The molecular formula is C26H25N3O4. The number of rotatable bonds is 7. The fourth-order valence-corrected chi connectivity index (χ4v) is 3.46. The number of pyridine rings is 1. The molecule has 0 fully saturated rings. The van der Waals surface area contributed by atoms with Gasteiger partial charge in [0.15, 0.2) is 11.5 Å². The highest BCUT2D eigenvalue weighted by Crippen LogP contribution is 2.30. The highest BCUT2D eigenvalue weighted by Gasteiger charge is 2.12. The van der Waals surface area contributed by atoms with Gasteiger partial charge in [-0.05, 0) is 56.7 Å². The summed E-state index contributed by atoms with van der Waals surface area (Å²) in [4.78, 5) is 17.1. The van der Waals surface area contributed by atoms with Crippen LogP contribution in [-0.4, -0.2) is 23.2 Å². The van der Waals surface area contributed by atoms with Crippen LogP contribution in [0.5, 0.6) is 11.5 Å². The number of nitrogens with one attached hydrogen (secondary N) is 1. The van der Waals surface area contributed by atoms with Gasteiger partial charge < -0.3 is 19.3 Å². The SMILES string of the molecule is COc1cc(/C=C/C(=O)Nc2cccc3ccc(C)nc23)ccc1OCc1c(C)noc1C. The van der Waals surface area contributed by atoms with Crippen molar-refractivity contribution in [3.05, 3.63) is 82.9 Å². The number of anilines is 1. The summed E-state index contributed by atoms with van der Waals surface area (Å²) in [5, 5.41) is 7.82. The van der Waals surface area contributed by atoms with Gasteiger partial charge in [0.05, 0.1) is 29.6 Å². The molecule has 0 saturated carbocycles. The van der Waals surface area contributed by atoms with Gasteiger partial charge in [0.2, 0.25) is 5.91 Å². The minimum Gasteiger partial charge on any atom is -0.493 e. The van der Waals surface area contributed by atoms with Crippen molar-refractivity contribution in [2.24, 2.45) is 0 Å². The van der Waals surface area contributed by atoms with E-state index in [2.05, 4.69) is 15.5 Å². The van der Waals surface area contributed by atoms with Crippen LogP contribution in [0, 0.1) is 20.8 Å². The fourth-order valence-electron chi connectivity index (χ4n) is 3.46. The van der Waals surface area contributed by atoms with Crippen molar-refractivity contribution < 1.29 is 18.8 Å². The Morgan fingerprint density at radius 2 is 1.94 bits per heavy atom. The van der Waals surface area contributed by atoms with Crippen LogP contribution in [-0.2, 0) is 11.4 Å². The van der Waals surface area contributed by atoms with Crippen LogP contribution in [0.3, 0.4) is 0 Å². The van der Waals surface area contributed by atoms with Crippen molar-refractivity contribution in [2.75, 3.05) is 12.4 Å². The lowest BCUT2D eigenvalue weighted by atomic mass is 10.1. The molecule has 7 heteroatoms. The van der Waals surface area contributed by atoms with Gasteiger partial charge in [-0.1, -0.05) is 29.4 Å². The van der Waals surface area contributed by atoms with Crippen LogP contribution in [0.15, 0.2) is 59.1 Å². The van der Waals surface area contributed by atoms with E-state index in [0.717, 1.165) is 39.2 Å². The van der Waals surface area contributed by atoms with Gasteiger partial charge in [-0.25, -0.2) is 0 Å². The highest BCUT2D eigenvalue weighted by atomic mass is 16.5. The third-order valence-corrected chi connectivity index (χ3v) is 5.29. The van der Waals surface area contributed by atoms with E-state index >= 15 is 0 Å². The smallest absolute Gasteiger partial charge is 0.248 e. The highest BCUT2D eigenvalue weighted by molar-refractivity contribution is 6.06. The van der Waals surface area contributed by atoms with Gasteiger partial charge in [-0.3, -0.25) is 9.78 Å². The molecule has 0 spiro atoms. The minimum absolute atomic E-state index is 0.247. The van der Waals surface area contributed by atoms with E-state index in [1.165, 1.54) is 6.08 Å². The number of methoxy groups -OCH3 is 1. The maximum Gasteiger partial charge on any atom is 0.248 e. The Kier molecular flexibility index (Phi) is 6.40. The lowest BCUT2D eigenvalue weighted by molar-refractivity contribution is -0.111. The first-order valence-corrected chi connectivity index (χ1v) is 10.5. The number of amides is 1. The zero-order valence-electron chi connectivity index (χ0n) is 19.0. The maximum absolute atomic E-state index is 12.5. The summed E-state index contributed by atoms with van der Waals surface area (Å²) in [5.41, 5.74) is 4.85. The van der Waals surface area contributed by atoms with Crippen molar-refractivity contribution in [3.8, 4) is 11.5 Å². The normalized spacial score (nSPS) is 11.2. The van der Waals surface area contributed by atoms with E-state index in [0.29, 0.717) is 23.8 Å². The van der Waals surface area contributed by atoms with Gasteiger partial charge in [0, 0.05) is 17.2 Å². The zero-order chi connectivity index (χ0) is 23.4. The Labute approximate surface area is 192 Å². The molecular weight excluding hydrogens is 418 g/mol. The molecule has 33 heavy (non-hydrogen) atoms. The molecule has 2 aromatic carbocycles. The lowest BCUT2D eigenvalue weighted by Crippen LogP contribution is -2.08. The molecule has 1 amide bonds. The first-order chi connectivity index (χ1) is 15.9. The van der Waals surface area contributed by atoms with Gasteiger partial charge in [0.25, 0.3) is 0 Å². The van der Waals surface area contributed by atoms with Gasteiger partial charge in [-0.2, -0.15) is 0 Å². The number of nitrogens with zero attached hydrogens (tertiary/aromatic N) is 2. The number of carbonyl (C=O) groups is 1. The van der Waals surface area contributed by atoms with E-state index in [1.807, 2.05) is 69.3 Å². The monoisotopic (exact) mass is 443 g/mol. The van der Waals surface area contributed by atoms with Crippen LogP contribution in [0.4, 0.5) is 5.69 Å². The molecule has 0 radical (unpaired) electrons. The lowest BCUT2D eigenvalue weighted by Gasteiger charge is -2.11. The number of fused-ring (bicyclic) bond motifs is 1. The molecule has 4 rings (SSSR count). The number of aromatic nitrogens is 2. The molecule has 168 valence electrons. The summed E-state index contributed by atoms with van der Waals surface area (Å²) in [6.07, 6.45) is 3.20. The second kappa shape index (κ2) is 9.56. The average molecular weight is 444 g/mol. The van der Waals surface area contributed by atoms with Crippen molar-refractivity contribution in [3.63, 3.8) is 0 Å². The Hall–Kier alpha value is -4.13. The number of benzene rings is 2. The van der Waals surface area contributed by atoms with Crippen LogP contribution in [0.2, 0.25) is 0 Å². The number of ether oxygens (including phenoxy) is 2. The Morgan fingerprint density at radius 1 is 1.09 bits per heavy atom. The Morgan fingerprint density at radius 3 is 2.70 bits per heavy atom. The van der Waals surface area contributed by atoms with E-state index in [4.69, 9.17) is 14.0 Å². The molecule has 4 aromatic rings. The van der Waals surface area contributed by atoms with Crippen LogP contribution in [0.1, 0.15) is 28.3 Å². The molecule has 2 heterocycles. The van der Waals surface area contributed by atoms with Crippen LogP contribution < -0.4 is 14.8 Å². The third kappa shape index (κ3) is 5.03. The first-order valence-electron chi connectivity index (χ1n) is 10.5. The molecule has 0 atom stereocenters. The summed E-state index contributed by atoms with van der Waals surface area (Å²) in [6, 6.07) is 15.1. The van der Waals surface area contributed by atoms with Crippen molar-refractivity contribution in [1.82, 2.24) is 10.1 Å². The van der Waals surface area contributed by atoms with E-state index < -0.39 is 0 Å². The summed E-state index contributed by atoms with van der Waals surface area (Å²) in [7, 11) is 1.58. The summed E-state index contributed by atoms with van der Waals surface area (Å²) in [5.74, 6) is 1.64. The predicted octanol–water partition coefficient (Wildman–Crippen LogP) is 5.39. The molecule has 1 N–H and O–H groups in total. The first kappa shape index (κ1) is 22.1. The fraction of sp³-hybridized carbons (Fsp3) is 0.192. The number of aryl methyl sites for hydroxylation is 3. The van der Waals surface area contributed by atoms with Gasteiger partial charge >= 0.3 is 0 Å². The van der Waals surface area contributed by atoms with E-state index in [9.17, 15) is 4.79 Å². The van der Waals surface area contributed by atoms with Crippen molar-refractivity contribution in [2.45, 2.75) is 27.4 Å². The Balaban J connectivity index is 1.46. The maximum atomic E-state index is 12.5. The minimum atomic E-state index is -0.247. The molecule has 2 aromatic heterocycles. The molecule has 7 nitrogen and oxygen atoms in total. The quantitative estimate of drug-likeness (QED) is 0.386. The standard InChI is InChI=1S/C26H25N3O4/c1-16-8-11-20-6-5-7-22(26(20)27-16)28-25(30)13-10-19-9-12-23(24(14-19)31-4)32-15-21-17(2)29-33-18(21)3/h5-14H,15H2,1-4H3,(H,28,30)/b13-10+. The van der Waals surface area contributed by atoms with Crippen LogP contribution in [0.25, 0.3) is 17.0 Å². The number of hydrogen-bond donors (Lipinski definition) is 1. The zero-order valence-corrected chi connectivity index (χ0v) is 19.0.